The lowest BCUT2D eigenvalue weighted by molar-refractivity contribution is -0.114. The molecule has 1 heterocycles. The molecule has 1 aromatic heterocycles. The molecule has 1 aromatic carbocycles. The van der Waals surface area contributed by atoms with Crippen LogP contribution < -0.4 is 16.0 Å². The zero-order valence-electron chi connectivity index (χ0n) is 15.1. The number of anilines is 2. The van der Waals surface area contributed by atoms with Crippen LogP contribution in [0.1, 0.15) is 53.5 Å². The molecular formula is C20H22N4O3. The zero-order chi connectivity index (χ0) is 19.2. The van der Waals surface area contributed by atoms with Crippen molar-refractivity contribution >= 4 is 29.1 Å². The molecule has 0 radical (unpaired) electrons. The van der Waals surface area contributed by atoms with E-state index in [0.717, 1.165) is 25.7 Å². The highest BCUT2D eigenvalue weighted by Crippen LogP contribution is 2.19. The third-order valence-electron chi connectivity index (χ3n) is 4.39. The molecule has 0 bridgehead atoms. The fraction of sp³-hybridized carbons (Fsp3) is 0.300. The van der Waals surface area contributed by atoms with Crippen LogP contribution in [0.15, 0.2) is 42.6 Å². The Morgan fingerprint density at radius 2 is 1.67 bits per heavy atom. The van der Waals surface area contributed by atoms with Crippen LogP contribution in [0.3, 0.4) is 0 Å². The molecule has 0 unspecified atom stereocenters. The Labute approximate surface area is 157 Å². The van der Waals surface area contributed by atoms with Crippen molar-refractivity contribution in [3.8, 4) is 0 Å². The number of nitrogens with zero attached hydrogens (tertiary/aromatic N) is 1. The van der Waals surface area contributed by atoms with Crippen LogP contribution in [-0.2, 0) is 4.79 Å². The van der Waals surface area contributed by atoms with Crippen LogP contribution in [0.25, 0.3) is 0 Å². The first-order chi connectivity index (χ1) is 13.0. The minimum atomic E-state index is -0.425. The molecule has 0 aliphatic heterocycles. The summed E-state index contributed by atoms with van der Waals surface area (Å²) >= 11 is 0. The van der Waals surface area contributed by atoms with E-state index in [9.17, 15) is 14.4 Å². The Balaban J connectivity index is 1.68. The molecule has 1 fully saturated rings. The van der Waals surface area contributed by atoms with E-state index in [1.807, 2.05) is 0 Å². The number of nitrogens with one attached hydrogen (secondary N) is 3. The van der Waals surface area contributed by atoms with Crippen LogP contribution in [0.5, 0.6) is 0 Å². The second-order valence-corrected chi connectivity index (χ2v) is 6.60. The fourth-order valence-electron chi connectivity index (χ4n) is 3.11. The van der Waals surface area contributed by atoms with Crippen molar-refractivity contribution in [3.63, 3.8) is 0 Å². The number of carbonyl (C=O) groups excluding carboxylic acids is 3. The van der Waals surface area contributed by atoms with Gasteiger partial charge >= 0.3 is 0 Å². The molecule has 1 aliphatic carbocycles. The molecule has 0 spiro atoms. The quantitative estimate of drug-likeness (QED) is 0.757. The normalized spacial score (nSPS) is 13.8. The van der Waals surface area contributed by atoms with Crippen molar-refractivity contribution in [3.05, 3.63) is 53.9 Å². The van der Waals surface area contributed by atoms with Crippen molar-refractivity contribution in [1.29, 1.82) is 0 Å². The van der Waals surface area contributed by atoms with Crippen molar-refractivity contribution in [1.82, 2.24) is 10.3 Å². The molecule has 1 saturated carbocycles. The van der Waals surface area contributed by atoms with Gasteiger partial charge in [0.2, 0.25) is 5.91 Å². The number of amides is 3. The van der Waals surface area contributed by atoms with E-state index in [2.05, 4.69) is 20.9 Å². The minimum absolute atomic E-state index is 0.152. The first kappa shape index (κ1) is 18.6. The summed E-state index contributed by atoms with van der Waals surface area (Å²) in [6.07, 6.45) is 5.70. The number of hydrogen-bond acceptors (Lipinski definition) is 4. The summed E-state index contributed by atoms with van der Waals surface area (Å²) in [5.74, 6) is -0.808. The zero-order valence-corrected chi connectivity index (χ0v) is 15.1. The highest BCUT2D eigenvalue weighted by Gasteiger charge is 2.19. The smallest absolute Gasteiger partial charge is 0.274 e. The predicted octanol–water partition coefficient (Wildman–Crippen LogP) is 2.96. The number of benzene rings is 1. The highest BCUT2D eigenvalue weighted by atomic mass is 16.2. The second kappa shape index (κ2) is 8.44. The van der Waals surface area contributed by atoms with Gasteiger partial charge in [0.25, 0.3) is 11.8 Å². The Morgan fingerprint density at radius 1 is 0.963 bits per heavy atom. The van der Waals surface area contributed by atoms with Gasteiger partial charge in [0.1, 0.15) is 5.69 Å². The molecule has 1 aliphatic rings. The first-order valence-corrected chi connectivity index (χ1v) is 8.97. The number of rotatable bonds is 5. The topological polar surface area (TPSA) is 100 Å². The summed E-state index contributed by atoms with van der Waals surface area (Å²) < 4.78 is 0. The van der Waals surface area contributed by atoms with Gasteiger partial charge in [-0.2, -0.15) is 0 Å². The third kappa shape index (κ3) is 5.13. The SMILES string of the molecule is CC(=O)Nc1cccc(NC(=O)c2cc(C(=O)NC3CCCC3)ccn2)c1. The summed E-state index contributed by atoms with van der Waals surface area (Å²) in [5, 5.41) is 8.38. The largest absolute Gasteiger partial charge is 0.349 e. The van der Waals surface area contributed by atoms with Crippen LogP contribution in [0.2, 0.25) is 0 Å². The maximum Gasteiger partial charge on any atom is 0.274 e. The minimum Gasteiger partial charge on any atom is -0.349 e. The van der Waals surface area contributed by atoms with Gasteiger partial charge in [-0.15, -0.1) is 0 Å². The average molecular weight is 366 g/mol. The van der Waals surface area contributed by atoms with E-state index in [0.29, 0.717) is 16.9 Å². The molecular weight excluding hydrogens is 344 g/mol. The second-order valence-electron chi connectivity index (χ2n) is 6.60. The molecule has 27 heavy (non-hydrogen) atoms. The van der Waals surface area contributed by atoms with E-state index in [1.54, 1.807) is 30.3 Å². The number of carbonyl (C=O) groups is 3. The van der Waals surface area contributed by atoms with Crippen molar-refractivity contribution < 1.29 is 14.4 Å². The number of hydrogen-bond donors (Lipinski definition) is 3. The maximum absolute atomic E-state index is 12.5. The molecule has 3 rings (SSSR count). The Hall–Kier alpha value is -3.22. The summed E-state index contributed by atoms with van der Waals surface area (Å²) in [7, 11) is 0. The standard InChI is InChI=1S/C20H22N4O3/c1-13(25)22-16-7-4-8-17(12-16)24-20(27)18-11-14(9-10-21-18)19(26)23-15-5-2-3-6-15/h4,7-12,15H,2-3,5-6H2,1H3,(H,22,25)(H,23,26)(H,24,27). The van der Waals surface area contributed by atoms with E-state index >= 15 is 0 Å². The van der Waals surface area contributed by atoms with Gasteiger partial charge in [-0.05, 0) is 43.2 Å². The Kier molecular flexibility index (Phi) is 5.80. The van der Waals surface area contributed by atoms with Crippen molar-refractivity contribution in [2.45, 2.75) is 38.6 Å². The summed E-state index contributed by atoms with van der Waals surface area (Å²) in [5.41, 5.74) is 1.67. The summed E-state index contributed by atoms with van der Waals surface area (Å²) in [6, 6.07) is 10.1. The van der Waals surface area contributed by atoms with E-state index < -0.39 is 5.91 Å². The van der Waals surface area contributed by atoms with Crippen molar-refractivity contribution in [2.24, 2.45) is 0 Å². The molecule has 7 nitrogen and oxygen atoms in total. The van der Waals surface area contributed by atoms with Crippen molar-refractivity contribution in [2.75, 3.05) is 10.6 Å². The molecule has 0 atom stereocenters. The van der Waals surface area contributed by atoms with E-state index in [4.69, 9.17) is 0 Å². The van der Waals surface area contributed by atoms with Gasteiger partial charge in [-0.3, -0.25) is 19.4 Å². The van der Waals surface area contributed by atoms with Gasteiger partial charge < -0.3 is 16.0 Å². The van der Waals surface area contributed by atoms with Crippen LogP contribution in [0, 0.1) is 0 Å². The Morgan fingerprint density at radius 3 is 2.37 bits per heavy atom. The molecule has 3 N–H and O–H groups in total. The molecule has 140 valence electrons. The number of aromatic nitrogens is 1. The maximum atomic E-state index is 12.5. The third-order valence-corrected chi connectivity index (χ3v) is 4.39. The average Bonchev–Trinajstić information content (AvgIpc) is 3.14. The number of pyridine rings is 1. The Bertz CT molecular complexity index is 860. The fourth-order valence-corrected chi connectivity index (χ4v) is 3.11. The lowest BCUT2D eigenvalue weighted by Gasteiger charge is -2.12. The summed E-state index contributed by atoms with van der Waals surface area (Å²) in [4.78, 5) is 40.1. The van der Waals surface area contributed by atoms with Gasteiger partial charge in [0.05, 0.1) is 0 Å². The van der Waals surface area contributed by atoms with E-state index in [1.165, 1.54) is 19.2 Å². The van der Waals surface area contributed by atoms with Crippen LogP contribution >= 0.6 is 0 Å². The molecule has 0 saturated heterocycles. The first-order valence-electron chi connectivity index (χ1n) is 8.97. The van der Waals surface area contributed by atoms with Gasteiger partial charge in [-0.25, -0.2) is 0 Å². The lowest BCUT2D eigenvalue weighted by Crippen LogP contribution is -2.32. The van der Waals surface area contributed by atoms with Gasteiger partial charge in [0.15, 0.2) is 0 Å². The predicted molar refractivity (Wildman–Crippen MR) is 103 cm³/mol. The van der Waals surface area contributed by atoms with Gasteiger partial charge in [-0.1, -0.05) is 18.9 Å². The van der Waals surface area contributed by atoms with Gasteiger partial charge in [0, 0.05) is 36.1 Å². The molecule has 3 amide bonds. The van der Waals surface area contributed by atoms with Crippen LogP contribution in [0.4, 0.5) is 11.4 Å². The van der Waals surface area contributed by atoms with E-state index in [-0.39, 0.29) is 23.6 Å². The summed E-state index contributed by atoms with van der Waals surface area (Å²) in [6.45, 7) is 1.41. The highest BCUT2D eigenvalue weighted by molar-refractivity contribution is 6.05. The lowest BCUT2D eigenvalue weighted by atomic mass is 10.1. The monoisotopic (exact) mass is 366 g/mol. The molecule has 7 heteroatoms. The molecule has 2 aromatic rings. The van der Waals surface area contributed by atoms with Crippen LogP contribution in [-0.4, -0.2) is 28.7 Å².